The summed E-state index contributed by atoms with van der Waals surface area (Å²) in [5.74, 6) is 0. The van der Waals surface area contributed by atoms with Gasteiger partial charge in [0.2, 0.25) is 0 Å². The molecule has 0 aromatic rings. The summed E-state index contributed by atoms with van der Waals surface area (Å²) in [6, 6.07) is 0. The van der Waals surface area contributed by atoms with Crippen molar-refractivity contribution in [2.75, 3.05) is 6.54 Å². The molecule has 1 N–H and O–H groups in total. The van der Waals surface area contributed by atoms with Gasteiger partial charge in [0.15, 0.2) is 0 Å². The van der Waals surface area contributed by atoms with E-state index in [0.29, 0.717) is 0 Å². The van der Waals surface area contributed by atoms with Crippen LogP contribution in [0.4, 0.5) is 13.2 Å². The molecule has 0 heterocycles. The fraction of sp³-hybridized carbons (Fsp3) is 1.00. The standard InChI is InChI=1S/C5H12F3NSi.Gd/c1-10(2,3)9-4-5(6,7)8;/h9H,4H2,1-3H3;. The summed E-state index contributed by atoms with van der Waals surface area (Å²) >= 11 is 0. The van der Waals surface area contributed by atoms with Crippen molar-refractivity contribution in [3.8, 4) is 0 Å². The van der Waals surface area contributed by atoms with Gasteiger partial charge < -0.3 is 4.98 Å². The van der Waals surface area contributed by atoms with Crippen LogP contribution in [0.5, 0.6) is 0 Å². The topological polar surface area (TPSA) is 12.0 Å². The van der Waals surface area contributed by atoms with E-state index in [0.717, 1.165) is 0 Å². The molecule has 0 fully saturated rings. The third-order valence-corrected chi connectivity index (χ3v) is 2.06. The fourth-order valence-electron chi connectivity index (χ4n) is 0.365. The molecule has 0 spiro atoms. The number of hydrogen-bond acceptors (Lipinski definition) is 1. The first kappa shape index (κ1) is 14.8. The number of alkyl halides is 3. The largest absolute Gasteiger partial charge is 0.400 e. The van der Waals surface area contributed by atoms with Crippen LogP contribution in [0.3, 0.4) is 0 Å². The molecule has 0 aliphatic heterocycles. The predicted octanol–water partition coefficient (Wildman–Crippen LogP) is 1.97. The van der Waals surface area contributed by atoms with Gasteiger partial charge in [-0.2, -0.15) is 13.2 Å². The molecule has 0 aliphatic rings. The molecule has 1 nitrogen and oxygen atoms in total. The summed E-state index contributed by atoms with van der Waals surface area (Å²) in [4.78, 5) is 2.48. The Morgan fingerprint density at radius 1 is 1.18 bits per heavy atom. The van der Waals surface area contributed by atoms with Crippen molar-refractivity contribution in [1.82, 2.24) is 4.98 Å². The average Bonchev–Trinajstić information content (AvgIpc) is 1.57. The zero-order valence-corrected chi connectivity index (χ0v) is 9.96. The second-order valence-corrected chi connectivity index (χ2v) is 8.07. The van der Waals surface area contributed by atoms with E-state index in [-0.39, 0.29) is 39.9 Å². The maximum absolute atomic E-state index is 11.5. The number of nitrogens with one attached hydrogen (secondary N) is 1. The maximum atomic E-state index is 11.5. The van der Waals surface area contributed by atoms with E-state index in [1.54, 1.807) is 0 Å². The molecule has 0 aromatic carbocycles. The summed E-state index contributed by atoms with van der Waals surface area (Å²) in [6.07, 6.45) is -4.07. The van der Waals surface area contributed by atoms with Crippen molar-refractivity contribution in [3.63, 3.8) is 0 Å². The van der Waals surface area contributed by atoms with Crippen LogP contribution in [0.15, 0.2) is 0 Å². The Kier molecular flexibility index (Phi) is 6.88. The van der Waals surface area contributed by atoms with Crippen molar-refractivity contribution >= 4 is 8.24 Å². The molecule has 0 aromatic heterocycles. The van der Waals surface area contributed by atoms with Gasteiger partial charge in [0, 0.05) is 39.9 Å². The van der Waals surface area contributed by atoms with Gasteiger partial charge in [0.05, 0.1) is 6.54 Å². The molecule has 0 saturated carbocycles. The summed E-state index contributed by atoms with van der Waals surface area (Å²) in [5.41, 5.74) is 0. The number of halogens is 3. The molecule has 6 heteroatoms. The minimum Gasteiger partial charge on any atom is -0.330 e. The van der Waals surface area contributed by atoms with Gasteiger partial charge in [-0.1, -0.05) is 19.6 Å². The molecule has 0 saturated heterocycles. The third kappa shape index (κ3) is 14.2. The van der Waals surface area contributed by atoms with Crippen molar-refractivity contribution in [2.24, 2.45) is 0 Å². The molecule has 0 bridgehead atoms. The first-order valence-electron chi connectivity index (χ1n) is 3.02. The molecule has 0 aliphatic carbocycles. The van der Waals surface area contributed by atoms with Crippen molar-refractivity contribution in [2.45, 2.75) is 25.8 Å². The van der Waals surface area contributed by atoms with Crippen LogP contribution in [0, 0.1) is 39.9 Å². The minimum absolute atomic E-state index is 0. The Labute approximate surface area is 97.9 Å². The van der Waals surface area contributed by atoms with Gasteiger partial charge in [0.25, 0.3) is 0 Å². The second-order valence-electron chi connectivity index (χ2n) is 3.22. The maximum Gasteiger partial charge on any atom is 0.400 e. The Morgan fingerprint density at radius 3 is 1.64 bits per heavy atom. The van der Waals surface area contributed by atoms with Crippen LogP contribution in [0.2, 0.25) is 19.6 Å². The zero-order valence-electron chi connectivity index (χ0n) is 6.69. The van der Waals surface area contributed by atoms with Crippen LogP contribution in [-0.2, 0) is 0 Å². The van der Waals surface area contributed by atoms with E-state index in [2.05, 4.69) is 4.98 Å². The molecule has 0 atom stereocenters. The molecule has 0 radical (unpaired) electrons. The van der Waals surface area contributed by atoms with E-state index >= 15 is 0 Å². The third-order valence-electron chi connectivity index (χ3n) is 0.819. The quantitative estimate of drug-likeness (QED) is 0.764. The van der Waals surface area contributed by atoms with Crippen LogP contribution in [-0.4, -0.2) is 21.0 Å². The molecule has 11 heavy (non-hydrogen) atoms. The normalized spacial score (nSPS) is 12.5. The van der Waals surface area contributed by atoms with Crippen molar-refractivity contribution < 1.29 is 53.1 Å². The van der Waals surface area contributed by atoms with Gasteiger partial charge in [-0.3, -0.25) is 0 Å². The summed E-state index contributed by atoms with van der Waals surface area (Å²) in [6.45, 7) is 4.64. The first-order chi connectivity index (χ1) is 4.21. The summed E-state index contributed by atoms with van der Waals surface area (Å²) in [7, 11) is -1.74. The van der Waals surface area contributed by atoms with Gasteiger partial charge in [-0.25, -0.2) is 0 Å². The average molecular weight is 328 g/mol. The van der Waals surface area contributed by atoms with Crippen LogP contribution < -0.4 is 4.98 Å². The summed E-state index contributed by atoms with van der Waals surface area (Å²) < 4.78 is 34.6. The van der Waals surface area contributed by atoms with Gasteiger partial charge in [0.1, 0.15) is 8.24 Å². The monoisotopic (exact) mass is 329 g/mol. The molecule has 70 valence electrons. The zero-order chi connectivity index (χ0) is 8.41. The molecule has 0 rings (SSSR count). The molecule has 0 amide bonds. The van der Waals surface area contributed by atoms with Crippen LogP contribution in [0.1, 0.15) is 0 Å². The van der Waals surface area contributed by atoms with E-state index in [4.69, 9.17) is 0 Å². The minimum atomic E-state index is -4.07. The first-order valence-corrected chi connectivity index (χ1v) is 6.52. The predicted molar refractivity (Wildman–Crippen MR) is 37.4 cm³/mol. The van der Waals surface area contributed by atoms with E-state index < -0.39 is 21.0 Å². The van der Waals surface area contributed by atoms with Gasteiger partial charge >= 0.3 is 6.18 Å². The molecular weight excluding hydrogens is 316 g/mol. The van der Waals surface area contributed by atoms with E-state index in [1.165, 1.54) is 0 Å². The Bertz CT molecular complexity index is 95.3. The van der Waals surface area contributed by atoms with Gasteiger partial charge in [-0.15, -0.1) is 0 Å². The van der Waals surface area contributed by atoms with Crippen molar-refractivity contribution in [1.29, 1.82) is 0 Å². The Morgan fingerprint density at radius 2 is 1.55 bits per heavy atom. The van der Waals surface area contributed by atoms with E-state index in [9.17, 15) is 13.2 Å². The fourth-order valence-corrected chi connectivity index (χ4v) is 1.10. The summed E-state index contributed by atoms with van der Waals surface area (Å²) in [5, 5.41) is 0. The smallest absolute Gasteiger partial charge is 0.330 e. The number of rotatable bonds is 2. The number of hydrogen-bond donors (Lipinski definition) is 1. The molecular formula is C5H12F3GdNSi. The second kappa shape index (κ2) is 5.11. The van der Waals surface area contributed by atoms with Crippen molar-refractivity contribution in [3.05, 3.63) is 0 Å². The van der Waals surface area contributed by atoms with Crippen LogP contribution in [0.25, 0.3) is 0 Å². The Hall–Kier alpha value is 1.29. The SMILES string of the molecule is C[Si](C)(C)NCC(F)(F)F.[Gd]. The van der Waals surface area contributed by atoms with Crippen LogP contribution >= 0.6 is 0 Å². The Balaban J connectivity index is 0. The van der Waals surface area contributed by atoms with Gasteiger partial charge in [-0.05, 0) is 0 Å². The van der Waals surface area contributed by atoms with E-state index in [1.807, 2.05) is 19.6 Å². The molecule has 0 unspecified atom stereocenters.